The zero-order chi connectivity index (χ0) is 30.0. The summed E-state index contributed by atoms with van der Waals surface area (Å²) in [4.78, 5) is 44.0. The van der Waals surface area contributed by atoms with E-state index in [0.29, 0.717) is 43.4 Å². The Hall–Kier alpha value is -4.70. The summed E-state index contributed by atoms with van der Waals surface area (Å²) in [6.07, 6.45) is 1.54. The van der Waals surface area contributed by atoms with E-state index in [9.17, 15) is 14.4 Å². The molecule has 0 aliphatic carbocycles. The van der Waals surface area contributed by atoms with E-state index in [1.54, 1.807) is 56.3 Å². The number of allylic oxidation sites excluding steroid dienone is 1. The van der Waals surface area contributed by atoms with Crippen LogP contribution >= 0.6 is 11.3 Å². The zero-order valence-electron chi connectivity index (χ0n) is 23.9. The van der Waals surface area contributed by atoms with E-state index in [0.717, 1.165) is 5.56 Å². The second kappa shape index (κ2) is 12.0. The standard InChI is InChI=1S/C32H30N2O7S/c1-6-39-31(37)27-19(4)33-32-34(28(27)23-9-7-8-10-25(23)40-18(2)3)29(35)26(42-32)17-22-15-16-24(41-22)20-11-13-21(14-12-20)30(36)38-5/h7-18,28H,6H2,1-5H3/b26-17-/t28-/m1/s1. The van der Waals surface area contributed by atoms with Crippen molar-refractivity contribution in [3.8, 4) is 17.1 Å². The number of esters is 2. The van der Waals surface area contributed by atoms with Crippen molar-refractivity contribution >= 4 is 29.4 Å². The SMILES string of the molecule is CCOC(=O)C1=C(C)N=c2s/c(=C\c3ccc(-c4ccc(C(=O)OC)cc4)o3)c(=O)n2[C@@H]1c1ccccc1OC(C)C. The van der Waals surface area contributed by atoms with E-state index >= 15 is 0 Å². The van der Waals surface area contributed by atoms with Gasteiger partial charge in [0.25, 0.3) is 5.56 Å². The largest absolute Gasteiger partial charge is 0.491 e. The van der Waals surface area contributed by atoms with Gasteiger partial charge in [-0.1, -0.05) is 41.7 Å². The second-order valence-electron chi connectivity index (χ2n) is 9.78. The van der Waals surface area contributed by atoms with Gasteiger partial charge in [-0.05, 0) is 58.0 Å². The number of carbonyl (C=O) groups is 2. The highest BCUT2D eigenvalue weighted by molar-refractivity contribution is 7.07. The van der Waals surface area contributed by atoms with Crippen molar-refractivity contribution in [1.29, 1.82) is 0 Å². The van der Waals surface area contributed by atoms with Crippen LogP contribution in [0.25, 0.3) is 17.4 Å². The van der Waals surface area contributed by atoms with Gasteiger partial charge in [-0.2, -0.15) is 0 Å². The van der Waals surface area contributed by atoms with Crippen molar-refractivity contribution in [2.75, 3.05) is 13.7 Å². The van der Waals surface area contributed by atoms with Crippen molar-refractivity contribution in [3.63, 3.8) is 0 Å². The van der Waals surface area contributed by atoms with Crippen LogP contribution in [0.5, 0.6) is 5.75 Å². The van der Waals surface area contributed by atoms with Crippen LogP contribution in [0.3, 0.4) is 0 Å². The molecular formula is C32H30N2O7S. The van der Waals surface area contributed by atoms with Gasteiger partial charge in [-0.3, -0.25) is 9.36 Å². The first-order chi connectivity index (χ1) is 20.2. The number of fused-ring (bicyclic) bond motifs is 1. The molecule has 1 aliphatic rings. The number of benzene rings is 2. The molecule has 4 aromatic rings. The monoisotopic (exact) mass is 586 g/mol. The lowest BCUT2D eigenvalue weighted by Gasteiger charge is -2.26. The summed E-state index contributed by atoms with van der Waals surface area (Å²) in [6.45, 7) is 7.50. The predicted octanol–water partition coefficient (Wildman–Crippen LogP) is 4.63. The summed E-state index contributed by atoms with van der Waals surface area (Å²) in [7, 11) is 1.33. The van der Waals surface area contributed by atoms with Gasteiger partial charge in [0.05, 0.1) is 41.2 Å². The molecule has 3 heterocycles. The van der Waals surface area contributed by atoms with Crippen LogP contribution in [0.2, 0.25) is 0 Å². The van der Waals surface area contributed by atoms with Crippen LogP contribution in [-0.2, 0) is 14.3 Å². The Bertz CT molecular complexity index is 1860. The average molecular weight is 587 g/mol. The lowest BCUT2D eigenvalue weighted by molar-refractivity contribution is -0.139. The fourth-order valence-corrected chi connectivity index (χ4v) is 5.78. The molecule has 0 N–H and O–H groups in total. The lowest BCUT2D eigenvalue weighted by atomic mass is 9.95. The molecule has 0 radical (unpaired) electrons. The smallest absolute Gasteiger partial charge is 0.338 e. The number of carbonyl (C=O) groups excluding carboxylic acids is 2. The third-order valence-corrected chi connectivity index (χ3v) is 7.57. The summed E-state index contributed by atoms with van der Waals surface area (Å²) in [5.41, 5.74) is 2.29. The molecule has 0 bridgehead atoms. The average Bonchev–Trinajstić information content (AvgIpc) is 3.56. The summed E-state index contributed by atoms with van der Waals surface area (Å²) in [5.74, 6) is 0.649. The number of aromatic nitrogens is 1. The molecule has 0 unspecified atom stereocenters. The van der Waals surface area contributed by atoms with Gasteiger partial charge in [0.2, 0.25) is 0 Å². The van der Waals surface area contributed by atoms with Crippen LogP contribution in [-0.4, -0.2) is 36.3 Å². The van der Waals surface area contributed by atoms with Gasteiger partial charge in [-0.25, -0.2) is 14.6 Å². The molecule has 9 nitrogen and oxygen atoms in total. The third-order valence-electron chi connectivity index (χ3n) is 6.58. The molecule has 2 aromatic heterocycles. The fourth-order valence-electron chi connectivity index (χ4n) is 4.76. The Kier molecular flexibility index (Phi) is 8.26. The number of ether oxygens (including phenoxy) is 3. The van der Waals surface area contributed by atoms with E-state index in [2.05, 4.69) is 4.99 Å². The highest BCUT2D eigenvalue weighted by Crippen LogP contribution is 2.36. The predicted molar refractivity (Wildman–Crippen MR) is 158 cm³/mol. The molecule has 0 saturated heterocycles. The highest BCUT2D eigenvalue weighted by atomic mass is 32.1. The Morgan fingerprint density at radius 3 is 2.50 bits per heavy atom. The number of methoxy groups -OCH3 is 1. The molecule has 0 spiro atoms. The van der Waals surface area contributed by atoms with Gasteiger partial charge < -0.3 is 18.6 Å². The quantitative estimate of drug-likeness (QED) is 0.277. The van der Waals surface area contributed by atoms with Crippen molar-refractivity contribution in [2.45, 2.75) is 39.8 Å². The van der Waals surface area contributed by atoms with Crippen molar-refractivity contribution < 1.29 is 28.2 Å². The van der Waals surface area contributed by atoms with Crippen LogP contribution in [0.1, 0.15) is 55.4 Å². The summed E-state index contributed by atoms with van der Waals surface area (Å²) in [6, 6.07) is 17.0. The Labute approximate surface area is 246 Å². The summed E-state index contributed by atoms with van der Waals surface area (Å²) >= 11 is 1.21. The molecule has 42 heavy (non-hydrogen) atoms. The molecule has 10 heteroatoms. The van der Waals surface area contributed by atoms with Crippen LogP contribution in [0, 0.1) is 0 Å². The molecule has 2 aromatic carbocycles. The minimum atomic E-state index is -0.794. The van der Waals surface area contributed by atoms with Crippen molar-refractivity contribution in [1.82, 2.24) is 4.57 Å². The Morgan fingerprint density at radius 1 is 1.07 bits per heavy atom. The number of rotatable bonds is 8. The topological polar surface area (TPSA) is 109 Å². The van der Waals surface area contributed by atoms with Gasteiger partial charge in [0.15, 0.2) is 4.80 Å². The molecular weight excluding hydrogens is 556 g/mol. The third kappa shape index (κ3) is 5.58. The normalized spacial score (nSPS) is 14.9. The van der Waals surface area contributed by atoms with Gasteiger partial charge in [0, 0.05) is 17.2 Å². The summed E-state index contributed by atoms with van der Waals surface area (Å²) < 4.78 is 24.2. The molecule has 1 atom stereocenters. The molecule has 1 aliphatic heterocycles. The maximum absolute atomic E-state index is 14.0. The van der Waals surface area contributed by atoms with E-state index in [-0.39, 0.29) is 23.8 Å². The van der Waals surface area contributed by atoms with Crippen LogP contribution in [0.15, 0.2) is 86.1 Å². The number of thiazole rings is 1. The number of nitrogens with zero attached hydrogens (tertiary/aromatic N) is 2. The minimum absolute atomic E-state index is 0.122. The molecule has 0 saturated carbocycles. The summed E-state index contributed by atoms with van der Waals surface area (Å²) in [5, 5.41) is 0. The molecule has 5 rings (SSSR count). The van der Waals surface area contributed by atoms with Gasteiger partial charge in [-0.15, -0.1) is 0 Å². The fraction of sp³-hybridized carbons (Fsp3) is 0.250. The van der Waals surface area contributed by atoms with E-state index in [1.807, 2.05) is 38.1 Å². The van der Waals surface area contributed by atoms with Crippen LogP contribution in [0.4, 0.5) is 0 Å². The minimum Gasteiger partial charge on any atom is -0.491 e. The first-order valence-corrected chi connectivity index (χ1v) is 14.3. The zero-order valence-corrected chi connectivity index (χ0v) is 24.7. The van der Waals surface area contributed by atoms with E-state index in [4.69, 9.17) is 18.6 Å². The highest BCUT2D eigenvalue weighted by Gasteiger charge is 2.35. The van der Waals surface area contributed by atoms with Crippen molar-refractivity contribution in [3.05, 3.63) is 109 Å². The van der Waals surface area contributed by atoms with E-state index in [1.165, 1.54) is 23.0 Å². The molecule has 0 amide bonds. The first kappa shape index (κ1) is 28.8. The number of furan rings is 1. The first-order valence-electron chi connectivity index (χ1n) is 13.5. The molecule has 216 valence electrons. The van der Waals surface area contributed by atoms with Gasteiger partial charge >= 0.3 is 11.9 Å². The van der Waals surface area contributed by atoms with E-state index < -0.39 is 18.0 Å². The molecule has 0 fully saturated rings. The number of hydrogen-bond acceptors (Lipinski definition) is 9. The van der Waals surface area contributed by atoms with Gasteiger partial charge in [0.1, 0.15) is 23.3 Å². The Balaban J connectivity index is 1.60. The van der Waals surface area contributed by atoms with Crippen LogP contribution < -0.4 is 19.6 Å². The second-order valence-corrected chi connectivity index (χ2v) is 10.8. The maximum Gasteiger partial charge on any atom is 0.338 e. The maximum atomic E-state index is 14.0. The van der Waals surface area contributed by atoms with Crippen molar-refractivity contribution in [2.24, 2.45) is 4.99 Å². The number of para-hydroxylation sites is 1. The number of hydrogen-bond donors (Lipinski definition) is 0. The lowest BCUT2D eigenvalue weighted by Crippen LogP contribution is -2.40. The Morgan fingerprint density at radius 2 is 1.81 bits per heavy atom.